The number of rotatable bonds is 2. The molecule has 0 spiro atoms. The van der Waals surface area contributed by atoms with Gasteiger partial charge in [-0.1, -0.05) is 28.1 Å². The van der Waals surface area contributed by atoms with Crippen LogP contribution in [0.5, 0.6) is 0 Å². The van der Waals surface area contributed by atoms with Crippen LogP contribution in [0.25, 0.3) is 11.1 Å². The third-order valence-corrected chi connectivity index (χ3v) is 3.10. The van der Waals surface area contributed by atoms with Crippen molar-refractivity contribution < 1.29 is 0 Å². The van der Waals surface area contributed by atoms with Gasteiger partial charge >= 0.3 is 0 Å². The van der Waals surface area contributed by atoms with Crippen LogP contribution in [0.15, 0.2) is 41.1 Å². The van der Waals surface area contributed by atoms with E-state index in [1.165, 1.54) is 11.1 Å². The summed E-state index contributed by atoms with van der Waals surface area (Å²) in [5, 5.41) is 0. The van der Waals surface area contributed by atoms with Crippen molar-refractivity contribution in [2.45, 2.75) is 13.5 Å². The number of aryl methyl sites for hydroxylation is 1. The highest BCUT2D eigenvalue weighted by Gasteiger charge is 2.07. The van der Waals surface area contributed by atoms with Crippen LogP contribution in [-0.4, -0.2) is 4.98 Å². The molecule has 0 atom stereocenters. The number of nitrogens with zero attached hydrogens (tertiary/aromatic N) is 1. The highest BCUT2D eigenvalue weighted by Crippen LogP contribution is 2.27. The highest BCUT2D eigenvalue weighted by molar-refractivity contribution is 9.10. The van der Waals surface area contributed by atoms with E-state index >= 15 is 0 Å². The fourth-order valence-corrected chi connectivity index (χ4v) is 2.07. The highest BCUT2D eigenvalue weighted by atomic mass is 79.9. The predicted octanol–water partition coefficient (Wildman–Crippen LogP) is 3.28. The number of hydrogen-bond donors (Lipinski definition) is 1. The van der Waals surface area contributed by atoms with Crippen LogP contribution >= 0.6 is 15.9 Å². The first-order chi connectivity index (χ1) is 7.72. The van der Waals surface area contributed by atoms with Gasteiger partial charge in [0.05, 0.1) is 0 Å². The first kappa shape index (κ1) is 11.3. The molecule has 1 aromatic carbocycles. The Morgan fingerprint density at radius 2 is 1.88 bits per heavy atom. The van der Waals surface area contributed by atoms with Crippen molar-refractivity contribution >= 4 is 15.9 Å². The fraction of sp³-hybridized carbons (Fsp3) is 0.154. The molecule has 0 unspecified atom stereocenters. The van der Waals surface area contributed by atoms with E-state index in [-0.39, 0.29) is 0 Å². The molecule has 1 heterocycles. The van der Waals surface area contributed by atoms with Crippen LogP contribution in [0.3, 0.4) is 0 Å². The van der Waals surface area contributed by atoms with E-state index in [1.807, 2.05) is 24.5 Å². The van der Waals surface area contributed by atoms with Crippen molar-refractivity contribution in [1.82, 2.24) is 4.98 Å². The normalized spacial score (nSPS) is 10.4. The summed E-state index contributed by atoms with van der Waals surface area (Å²) in [6.07, 6.45) is 3.71. The summed E-state index contributed by atoms with van der Waals surface area (Å²) in [7, 11) is 0. The Balaban J connectivity index is 2.58. The standard InChI is InChI=1S/C13H13BrN2/c1-9-7-16-8-11(6-15)13(9)10-2-4-12(14)5-3-10/h2-5,7-8H,6,15H2,1H3. The van der Waals surface area contributed by atoms with E-state index in [4.69, 9.17) is 5.73 Å². The topological polar surface area (TPSA) is 38.9 Å². The molecular weight excluding hydrogens is 264 g/mol. The number of hydrogen-bond acceptors (Lipinski definition) is 2. The van der Waals surface area contributed by atoms with Gasteiger partial charge in [0.25, 0.3) is 0 Å². The molecular formula is C13H13BrN2. The minimum atomic E-state index is 0.514. The van der Waals surface area contributed by atoms with E-state index in [9.17, 15) is 0 Å². The molecule has 2 rings (SSSR count). The Hall–Kier alpha value is -1.19. The molecule has 0 aliphatic carbocycles. The lowest BCUT2D eigenvalue weighted by Gasteiger charge is -2.10. The van der Waals surface area contributed by atoms with Crippen LogP contribution in [0.1, 0.15) is 11.1 Å². The van der Waals surface area contributed by atoms with Crippen molar-refractivity contribution in [3.63, 3.8) is 0 Å². The average Bonchev–Trinajstić information content (AvgIpc) is 2.30. The first-order valence-corrected chi connectivity index (χ1v) is 5.91. The molecule has 1 aromatic heterocycles. The van der Waals surface area contributed by atoms with E-state index in [1.54, 1.807) is 0 Å². The molecule has 0 fully saturated rings. The Morgan fingerprint density at radius 1 is 1.19 bits per heavy atom. The SMILES string of the molecule is Cc1cncc(CN)c1-c1ccc(Br)cc1. The van der Waals surface area contributed by atoms with Crippen LogP contribution in [0, 0.1) is 6.92 Å². The second kappa shape index (κ2) is 4.76. The molecule has 2 nitrogen and oxygen atoms in total. The number of nitrogens with two attached hydrogens (primary N) is 1. The Kier molecular flexibility index (Phi) is 3.36. The molecule has 2 aromatic rings. The lowest BCUT2D eigenvalue weighted by atomic mass is 9.98. The molecule has 2 N–H and O–H groups in total. The quantitative estimate of drug-likeness (QED) is 0.914. The molecule has 0 amide bonds. The second-order valence-electron chi connectivity index (χ2n) is 3.70. The molecule has 82 valence electrons. The number of halogens is 1. The van der Waals surface area contributed by atoms with E-state index in [2.05, 4.69) is 40.0 Å². The molecule has 0 aliphatic rings. The second-order valence-corrected chi connectivity index (χ2v) is 4.62. The molecule has 3 heteroatoms. The summed E-state index contributed by atoms with van der Waals surface area (Å²) in [6, 6.07) is 8.25. The van der Waals surface area contributed by atoms with Gasteiger partial charge in [-0.15, -0.1) is 0 Å². The van der Waals surface area contributed by atoms with E-state index < -0.39 is 0 Å². The number of benzene rings is 1. The first-order valence-electron chi connectivity index (χ1n) is 5.12. The molecule has 0 bridgehead atoms. The van der Waals surface area contributed by atoms with Crippen molar-refractivity contribution in [2.24, 2.45) is 5.73 Å². The van der Waals surface area contributed by atoms with Crippen molar-refractivity contribution in [3.8, 4) is 11.1 Å². The van der Waals surface area contributed by atoms with Crippen molar-refractivity contribution in [1.29, 1.82) is 0 Å². The van der Waals surface area contributed by atoms with Gasteiger partial charge < -0.3 is 5.73 Å². The van der Waals surface area contributed by atoms with Gasteiger partial charge in [-0.3, -0.25) is 4.98 Å². The fourth-order valence-electron chi connectivity index (χ4n) is 1.81. The van der Waals surface area contributed by atoms with Crippen molar-refractivity contribution in [3.05, 3.63) is 52.3 Å². The molecule has 0 radical (unpaired) electrons. The Bertz CT molecular complexity index is 492. The smallest absolute Gasteiger partial charge is 0.0319 e. The summed E-state index contributed by atoms with van der Waals surface area (Å²) in [5.74, 6) is 0. The zero-order valence-corrected chi connectivity index (χ0v) is 10.7. The van der Waals surface area contributed by atoms with Gasteiger partial charge in [-0.2, -0.15) is 0 Å². The van der Waals surface area contributed by atoms with Gasteiger partial charge in [0.1, 0.15) is 0 Å². The van der Waals surface area contributed by atoms with Crippen LogP contribution in [0.4, 0.5) is 0 Å². The van der Waals surface area contributed by atoms with Gasteiger partial charge in [0.2, 0.25) is 0 Å². The lowest BCUT2D eigenvalue weighted by molar-refractivity contribution is 1.04. The molecule has 0 aliphatic heterocycles. The van der Waals surface area contributed by atoms with Crippen LogP contribution in [0.2, 0.25) is 0 Å². The summed E-state index contributed by atoms with van der Waals surface area (Å²) < 4.78 is 1.08. The summed E-state index contributed by atoms with van der Waals surface area (Å²) in [6.45, 7) is 2.57. The minimum absolute atomic E-state index is 0.514. The van der Waals surface area contributed by atoms with Gasteiger partial charge in [-0.05, 0) is 41.3 Å². The monoisotopic (exact) mass is 276 g/mol. The Morgan fingerprint density at radius 3 is 2.50 bits per heavy atom. The van der Waals surface area contributed by atoms with Crippen molar-refractivity contribution in [2.75, 3.05) is 0 Å². The summed E-state index contributed by atoms with van der Waals surface area (Å²) in [4.78, 5) is 4.17. The average molecular weight is 277 g/mol. The van der Waals surface area contributed by atoms with E-state index in [0.717, 1.165) is 15.6 Å². The zero-order valence-electron chi connectivity index (χ0n) is 9.07. The Labute approximate surface area is 104 Å². The largest absolute Gasteiger partial charge is 0.326 e. The number of pyridine rings is 1. The molecule has 0 saturated carbocycles. The van der Waals surface area contributed by atoms with Gasteiger partial charge in [0.15, 0.2) is 0 Å². The third-order valence-electron chi connectivity index (χ3n) is 2.57. The minimum Gasteiger partial charge on any atom is -0.326 e. The third kappa shape index (κ3) is 2.15. The maximum Gasteiger partial charge on any atom is 0.0319 e. The summed E-state index contributed by atoms with van der Waals surface area (Å²) in [5.41, 5.74) is 10.4. The van der Waals surface area contributed by atoms with Crippen LogP contribution < -0.4 is 5.73 Å². The maximum atomic E-state index is 5.74. The predicted molar refractivity (Wildman–Crippen MR) is 70.0 cm³/mol. The lowest BCUT2D eigenvalue weighted by Crippen LogP contribution is -2.01. The maximum absolute atomic E-state index is 5.74. The van der Waals surface area contributed by atoms with Crippen LogP contribution in [-0.2, 0) is 6.54 Å². The zero-order chi connectivity index (χ0) is 11.5. The molecule has 16 heavy (non-hydrogen) atoms. The van der Waals surface area contributed by atoms with Gasteiger partial charge in [-0.25, -0.2) is 0 Å². The summed E-state index contributed by atoms with van der Waals surface area (Å²) >= 11 is 3.44. The van der Waals surface area contributed by atoms with E-state index in [0.29, 0.717) is 6.54 Å². The van der Waals surface area contributed by atoms with Gasteiger partial charge in [0, 0.05) is 23.4 Å². The number of aromatic nitrogens is 1. The molecule has 0 saturated heterocycles.